The SMILES string of the molecule is CCCCCC[C@H]1CC[C@H]([C@H]2CC[C@H](COc3ccc(C#N)c(F)c3F)CC2)CC1. The molecule has 0 radical (unpaired) electrons. The smallest absolute Gasteiger partial charge is 0.201 e. The summed E-state index contributed by atoms with van der Waals surface area (Å²) in [5.41, 5.74) is -0.281. The molecule has 0 aliphatic heterocycles. The van der Waals surface area contributed by atoms with E-state index in [1.54, 1.807) is 6.07 Å². The van der Waals surface area contributed by atoms with Gasteiger partial charge in [0.2, 0.25) is 5.82 Å². The highest BCUT2D eigenvalue weighted by Gasteiger charge is 2.31. The van der Waals surface area contributed by atoms with Crippen molar-refractivity contribution in [1.29, 1.82) is 5.26 Å². The van der Waals surface area contributed by atoms with Crippen LogP contribution >= 0.6 is 0 Å². The van der Waals surface area contributed by atoms with Crippen molar-refractivity contribution in [3.63, 3.8) is 0 Å². The highest BCUT2D eigenvalue weighted by molar-refractivity contribution is 5.37. The number of nitrogens with zero attached hydrogens (tertiary/aromatic N) is 1. The van der Waals surface area contributed by atoms with E-state index < -0.39 is 11.6 Å². The van der Waals surface area contributed by atoms with Crippen LogP contribution in [0.4, 0.5) is 8.78 Å². The molecule has 0 amide bonds. The van der Waals surface area contributed by atoms with Crippen LogP contribution in [0.5, 0.6) is 5.75 Å². The van der Waals surface area contributed by atoms with Crippen molar-refractivity contribution < 1.29 is 13.5 Å². The van der Waals surface area contributed by atoms with E-state index in [1.165, 1.54) is 82.8 Å². The molecule has 2 aliphatic carbocycles. The van der Waals surface area contributed by atoms with Gasteiger partial charge >= 0.3 is 0 Å². The van der Waals surface area contributed by atoms with Crippen LogP contribution in [-0.4, -0.2) is 6.61 Å². The zero-order valence-electron chi connectivity index (χ0n) is 18.5. The minimum absolute atomic E-state index is 0.0779. The molecular formula is C26H37F2NO. The fraction of sp³-hybridized carbons (Fsp3) is 0.731. The molecule has 0 bridgehead atoms. The third kappa shape index (κ3) is 6.19. The van der Waals surface area contributed by atoms with Crippen LogP contribution in [0.15, 0.2) is 12.1 Å². The van der Waals surface area contributed by atoms with Crippen LogP contribution < -0.4 is 4.74 Å². The summed E-state index contributed by atoms with van der Waals surface area (Å²) >= 11 is 0. The fourth-order valence-electron chi connectivity index (χ4n) is 5.57. The number of halogens is 2. The van der Waals surface area contributed by atoms with Gasteiger partial charge in [-0.1, -0.05) is 51.9 Å². The van der Waals surface area contributed by atoms with Gasteiger partial charge in [0.1, 0.15) is 6.07 Å². The minimum atomic E-state index is -1.11. The molecule has 2 saturated carbocycles. The highest BCUT2D eigenvalue weighted by Crippen LogP contribution is 2.42. The lowest BCUT2D eigenvalue weighted by atomic mass is 9.69. The molecule has 0 unspecified atom stereocenters. The van der Waals surface area contributed by atoms with Gasteiger partial charge in [-0.15, -0.1) is 0 Å². The average Bonchev–Trinajstić information content (AvgIpc) is 2.79. The van der Waals surface area contributed by atoms with Gasteiger partial charge in [0.15, 0.2) is 11.6 Å². The summed E-state index contributed by atoms with van der Waals surface area (Å²) in [6, 6.07) is 4.30. The van der Waals surface area contributed by atoms with Crippen molar-refractivity contribution in [2.45, 2.75) is 90.4 Å². The Balaban J connectivity index is 1.36. The molecule has 0 heterocycles. The van der Waals surface area contributed by atoms with Gasteiger partial charge in [-0.2, -0.15) is 9.65 Å². The van der Waals surface area contributed by atoms with E-state index in [0.29, 0.717) is 12.5 Å². The zero-order valence-corrected chi connectivity index (χ0v) is 18.5. The molecule has 0 aromatic heterocycles. The first-order chi connectivity index (χ1) is 14.6. The molecule has 0 saturated heterocycles. The Morgan fingerprint density at radius 1 is 0.867 bits per heavy atom. The summed E-state index contributed by atoms with van der Waals surface area (Å²) in [6.45, 7) is 2.71. The van der Waals surface area contributed by atoms with E-state index in [2.05, 4.69) is 6.92 Å². The highest BCUT2D eigenvalue weighted by atomic mass is 19.2. The summed E-state index contributed by atoms with van der Waals surface area (Å²) in [5, 5.41) is 8.77. The van der Waals surface area contributed by atoms with Gasteiger partial charge in [0, 0.05) is 0 Å². The zero-order chi connectivity index (χ0) is 21.3. The number of unbranched alkanes of at least 4 members (excludes halogenated alkanes) is 3. The van der Waals surface area contributed by atoms with Crippen LogP contribution in [0.2, 0.25) is 0 Å². The first kappa shape index (κ1) is 23.0. The van der Waals surface area contributed by atoms with E-state index in [-0.39, 0.29) is 11.3 Å². The molecule has 2 nitrogen and oxygen atoms in total. The topological polar surface area (TPSA) is 33.0 Å². The summed E-state index contributed by atoms with van der Waals surface area (Å²) in [4.78, 5) is 0. The lowest BCUT2D eigenvalue weighted by molar-refractivity contribution is 0.120. The second kappa shape index (κ2) is 11.7. The molecule has 2 fully saturated rings. The molecule has 1 aromatic rings. The third-order valence-electron chi connectivity index (χ3n) is 7.56. The summed E-state index contributed by atoms with van der Waals surface area (Å²) in [5.74, 6) is 0.870. The van der Waals surface area contributed by atoms with Gasteiger partial charge < -0.3 is 4.74 Å². The van der Waals surface area contributed by atoms with Crippen molar-refractivity contribution >= 4 is 0 Å². The van der Waals surface area contributed by atoms with Crippen LogP contribution in [0.1, 0.15) is 96.0 Å². The predicted octanol–water partition coefficient (Wildman–Crippen LogP) is 7.80. The molecule has 4 heteroatoms. The van der Waals surface area contributed by atoms with Crippen molar-refractivity contribution in [3.05, 3.63) is 29.3 Å². The van der Waals surface area contributed by atoms with Crippen LogP contribution in [-0.2, 0) is 0 Å². The Labute approximate surface area is 181 Å². The fourth-order valence-corrected chi connectivity index (χ4v) is 5.57. The van der Waals surface area contributed by atoms with Crippen molar-refractivity contribution in [3.8, 4) is 11.8 Å². The molecule has 0 N–H and O–H groups in total. The van der Waals surface area contributed by atoms with Gasteiger partial charge in [-0.05, 0) is 74.3 Å². The quantitative estimate of drug-likeness (QED) is 0.384. The predicted molar refractivity (Wildman–Crippen MR) is 116 cm³/mol. The number of benzene rings is 1. The number of hydrogen-bond donors (Lipinski definition) is 0. The van der Waals surface area contributed by atoms with Crippen LogP contribution in [0.25, 0.3) is 0 Å². The molecule has 30 heavy (non-hydrogen) atoms. The first-order valence-corrected chi connectivity index (χ1v) is 12.1. The second-order valence-electron chi connectivity index (χ2n) is 9.57. The Kier molecular flexibility index (Phi) is 8.97. The maximum atomic E-state index is 14.0. The van der Waals surface area contributed by atoms with Crippen LogP contribution in [0.3, 0.4) is 0 Å². The largest absolute Gasteiger partial charge is 0.490 e. The molecule has 0 atom stereocenters. The van der Waals surface area contributed by atoms with E-state index in [0.717, 1.165) is 30.6 Å². The molecule has 3 rings (SSSR count). The van der Waals surface area contributed by atoms with Crippen molar-refractivity contribution in [2.75, 3.05) is 6.61 Å². The summed E-state index contributed by atoms with van der Waals surface area (Å²) in [7, 11) is 0. The third-order valence-corrected chi connectivity index (χ3v) is 7.56. The van der Waals surface area contributed by atoms with Crippen molar-refractivity contribution in [1.82, 2.24) is 0 Å². The Hall–Kier alpha value is -1.63. The lowest BCUT2D eigenvalue weighted by Gasteiger charge is -2.38. The van der Waals surface area contributed by atoms with Crippen LogP contribution in [0, 0.1) is 46.6 Å². The maximum absolute atomic E-state index is 14.0. The summed E-state index contributed by atoms with van der Waals surface area (Å²) in [6.07, 6.45) is 17.3. The van der Waals surface area contributed by atoms with Gasteiger partial charge in [-0.25, -0.2) is 4.39 Å². The number of rotatable bonds is 9. The van der Waals surface area contributed by atoms with Gasteiger partial charge in [0.05, 0.1) is 12.2 Å². The molecule has 166 valence electrons. The first-order valence-electron chi connectivity index (χ1n) is 12.1. The Morgan fingerprint density at radius 3 is 2.10 bits per heavy atom. The van der Waals surface area contributed by atoms with Gasteiger partial charge in [-0.3, -0.25) is 0 Å². The van der Waals surface area contributed by atoms with E-state index in [1.807, 2.05) is 0 Å². The Bertz CT molecular complexity index is 698. The van der Waals surface area contributed by atoms with Crippen molar-refractivity contribution in [2.24, 2.45) is 23.7 Å². The molecule has 0 spiro atoms. The lowest BCUT2D eigenvalue weighted by Crippen LogP contribution is -2.27. The average molecular weight is 418 g/mol. The molecular weight excluding hydrogens is 380 g/mol. The monoisotopic (exact) mass is 417 g/mol. The normalized spacial score (nSPS) is 26.9. The minimum Gasteiger partial charge on any atom is -0.490 e. The number of hydrogen-bond acceptors (Lipinski definition) is 2. The Morgan fingerprint density at radius 2 is 1.50 bits per heavy atom. The molecule has 2 aliphatic rings. The van der Waals surface area contributed by atoms with Gasteiger partial charge in [0.25, 0.3) is 0 Å². The van der Waals surface area contributed by atoms with E-state index in [4.69, 9.17) is 10.00 Å². The maximum Gasteiger partial charge on any atom is 0.201 e. The molecule has 1 aromatic carbocycles. The summed E-state index contributed by atoms with van der Waals surface area (Å²) < 4.78 is 33.3. The van der Waals surface area contributed by atoms with E-state index in [9.17, 15) is 8.78 Å². The number of nitriles is 1. The second-order valence-corrected chi connectivity index (χ2v) is 9.57. The standard InChI is InChI=1S/C26H37F2NO/c1-2-3-4-5-6-19-7-11-21(12-8-19)22-13-9-20(10-14-22)18-30-24-16-15-23(17-29)25(27)26(24)28/h15-16,19-22H,2-14,18H2,1H3/t19-,20-,21-,22-. The number of ether oxygens (including phenoxy) is 1. The van der Waals surface area contributed by atoms with E-state index >= 15 is 0 Å².